The summed E-state index contributed by atoms with van der Waals surface area (Å²) >= 11 is 0. The van der Waals surface area contributed by atoms with Crippen LogP contribution in [-0.2, 0) is 20.7 Å². The van der Waals surface area contributed by atoms with Crippen LogP contribution in [0.3, 0.4) is 0 Å². The van der Waals surface area contributed by atoms with Crippen molar-refractivity contribution in [3.05, 3.63) is 41.2 Å². The molecule has 4 nitrogen and oxygen atoms in total. The molecule has 5 atom stereocenters. The second-order valence-corrected chi connectivity index (χ2v) is 8.78. The Morgan fingerprint density at radius 3 is 2.59 bits per heavy atom. The molecule has 1 fully saturated rings. The first kappa shape index (κ1) is 18.3. The van der Waals surface area contributed by atoms with Crippen LogP contribution in [0.1, 0.15) is 64.0 Å². The molecule has 0 aliphatic heterocycles. The van der Waals surface area contributed by atoms with Crippen LogP contribution in [0.2, 0.25) is 0 Å². The van der Waals surface area contributed by atoms with Gasteiger partial charge < -0.3 is 9.47 Å². The van der Waals surface area contributed by atoms with Gasteiger partial charge in [-0.05, 0) is 78.7 Å². The average molecular weight is 368 g/mol. The summed E-state index contributed by atoms with van der Waals surface area (Å²) in [5, 5.41) is 0. The Kier molecular flexibility index (Phi) is 4.40. The van der Waals surface area contributed by atoms with Crippen LogP contribution in [-0.4, -0.2) is 11.9 Å². The Labute approximate surface area is 160 Å². The van der Waals surface area contributed by atoms with E-state index in [1.54, 1.807) is 0 Å². The first-order valence-corrected chi connectivity index (χ1v) is 10.00. The van der Waals surface area contributed by atoms with Crippen molar-refractivity contribution >= 4 is 11.9 Å². The van der Waals surface area contributed by atoms with Gasteiger partial charge in [0, 0.05) is 19.3 Å². The van der Waals surface area contributed by atoms with Gasteiger partial charge in [0.15, 0.2) is 0 Å². The van der Waals surface area contributed by atoms with Gasteiger partial charge in [-0.25, -0.2) is 0 Å². The maximum absolute atomic E-state index is 11.5. The lowest BCUT2D eigenvalue weighted by Crippen LogP contribution is -2.44. The van der Waals surface area contributed by atoms with E-state index < -0.39 is 0 Å². The SMILES string of the molecule is CC(=O)OC1=CC[C@H]2[C@@H]3[C@H](C)Cc4cc(OC(C)=O)ccc4[C@H]3CC[C@]12C. The van der Waals surface area contributed by atoms with Crippen LogP contribution in [0.25, 0.3) is 0 Å². The van der Waals surface area contributed by atoms with E-state index in [1.165, 1.54) is 25.0 Å². The number of hydrogen-bond donors (Lipinski definition) is 0. The molecule has 3 aliphatic carbocycles. The monoisotopic (exact) mass is 368 g/mol. The summed E-state index contributed by atoms with van der Waals surface area (Å²) in [6.45, 7) is 7.55. The maximum Gasteiger partial charge on any atom is 0.308 e. The number of carbonyl (C=O) groups is 2. The lowest BCUT2D eigenvalue weighted by atomic mass is 9.53. The van der Waals surface area contributed by atoms with Crippen LogP contribution in [0.5, 0.6) is 5.75 Å². The van der Waals surface area contributed by atoms with Crippen molar-refractivity contribution in [2.75, 3.05) is 0 Å². The van der Waals surface area contributed by atoms with Gasteiger partial charge in [-0.15, -0.1) is 0 Å². The van der Waals surface area contributed by atoms with E-state index in [9.17, 15) is 9.59 Å². The number of rotatable bonds is 2. The van der Waals surface area contributed by atoms with Gasteiger partial charge in [0.2, 0.25) is 0 Å². The Bertz CT molecular complexity index is 824. The largest absolute Gasteiger partial charge is 0.431 e. The van der Waals surface area contributed by atoms with Crippen molar-refractivity contribution in [3.8, 4) is 5.75 Å². The Morgan fingerprint density at radius 2 is 1.89 bits per heavy atom. The predicted molar refractivity (Wildman–Crippen MR) is 102 cm³/mol. The summed E-state index contributed by atoms with van der Waals surface area (Å²) in [6.07, 6.45) is 6.28. The van der Waals surface area contributed by atoms with E-state index >= 15 is 0 Å². The summed E-state index contributed by atoms with van der Waals surface area (Å²) in [7, 11) is 0. The highest BCUT2D eigenvalue weighted by atomic mass is 16.5. The highest BCUT2D eigenvalue weighted by Crippen LogP contribution is 2.62. The molecule has 0 unspecified atom stereocenters. The highest BCUT2D eigenvalue weighted by molar-refractivity contribution is 5.69. The molecule has 0 radical (unpaired) electrons. The normalized spacial score (nSPS) is 34.0. The van der Waals surface area contributed by atoms with Gasteiger partial charge in [-0.1, -0.05) is 19.9 Å². The summed E-state index contributed by atoms with van der Waals surface area (Å²) in [4.78, 5) is 22.8. The molecule has 0 amide bonds. The van der Waals surface area contributed by atoms with Gasteiger partial charge >= 0.3 is 11.9 Å². The van der Waals surface area contributed by atoms with Crippen LogP contribution in [0, 0.1) is 23.2 Å². The molecule has 1 aromatic carbocycles. The molecule has 1 saturated carbocycles. The summed E-state index contributed by atoms with van der Waals surface area (Å²) in [5.74, 6) is 3.21. The topological polar surface area (TPSA) is 52.6 Å². The fraction of sp³-hybridized carbons (Fsp3) is 0.565. The lowest BCUT2D eigenvalue weighted by molar-refractivity contribution is -0.139. The summed E-state index contributed by atoms with van der Waals surface area (Å²) < 4.78 is 10.9. The molecule has 0 bridgehead atoms. The van der Waals surface area contributed by atoms with E-state index in [0.29, 0.717) is 29.4 Å². The number of benzene rings is 1. The molecule has 144 valence electrons. The summed E-state index contributed by atoms with van der Waals surface area (Å²) in [6, 6.07) is 6.14. The van der Waals surface area contributed by atoms with Crippen molar-refractivity contribution in [2.24, 2.45) is 23.2 Å². The number of ether oxygens (including phenoxy) is 2. The molecule has 0 N–H and O–H groups in total. The lowest BCUT2D eigenvalue weighted by Gasteiger charge is -2.52. The van der Waals surface area contributed by atoms with Crippen molar-refractivity contribution < 1.29 is 19.1 Å². The van der Waals surface area contributed by atoms with Gasteiger partial charge in [-0.3, -0.25) is 9.59 Å². The third-order valence-corrected chi connectivity index (χ3v) is 7.07. The predicted octanol–water partition coefficient (Wildman–Crippen LogP) is 4.77. The minimum atomic E-state index is -0.278. The quantitative estimate of drug-likeness (QED) is 0.557. The highest BCUT2D eigenvalue weighted by Gasteiger charge is 2.54. The zero-order chi connectivity index (χ0) is 19.3. The third-order valence-electron chi connectivity index (χ3n) is 7.07. The van der Waals surface area contributed by atoms with Gasteiger partial charge in [-0.2, -0.15) is 0 Å². The van der Waals surface area contributed by atoms with Gasteiger partial charge in [0.1, 0.15) is 11.5 Å². The molecule has 0 spiro atoms. The van der Waals surface area contributed by atoms with E-state index in [2.05, 4.69) is 32.1 Å². The number of allylic oxidation sites excluding steroid dienone is 2. The van der Waals surface area contributed by atoms with E-state index in [4.69, 9.17) is 9.47 Å². The molecule has 3 aliphatic rings. The smallest absolute Gasteiger partial charge is 0.308 e. The molecule has 27 heavy (non-hydrogen) atoms. The molecule has 0 heterocycles. The molecule has 1 aromatic rings. The Hall–Kier alpha value is -2.10. The molecule has 0 aromatic heterocycles. The minimum absolute atomic E-state index is 0.0315. The molecule has 4 heteroatoms. The van der Waals surface area contributed by atoms with Crippen molar-refractivity contribution in [1.29, 1.82) is 0 Å². The fourth-order valence-electron chi connectivity index (χ4n) is 6.03. The maximum atomic E-state index is 11.5. The van der Waals surface area contributed by atoms with Gasteiger partial charge in [0.25, 0.3) is 0 Å². The Morgan fingerprint density at radius 1 is 1.15 bits per heavy atom. The van der Waals surface area contributed by atoms with E-state index in [0.717, 1.165) is 31.4 Å². The number of fused-ring (bicyclic) bond motifs is 5. The molecule has 4 rings (SSSR count). The Balaban J connectivity index is 1.64. The summed E-state index contributed by atoms with van der Waals surface area (Å²) in [5.41, 5.74) is 2.70. The first-order valence-electron chi connectivity index (χ1n) is 10.00. The zero-order valence-corrected chi connectivity index (χ0v) is 16.6. The van der Waals surface area contributed by atoms with Crippen LogP contribution < -0.4 is 4.74 Å². The van der Waals surface area contributed by atoms with E-state index in [1.807, 2.05) is 6.07 Å². The average Bonchev–Trinajstić information content (AvgIpc) is 2.90. The van der Waals surface area contributed by atoms with Crippen molar-refractivity contribution in [3.63, 3.8) is 0 Å². The number of hydrogen-bond acceptors (Lipinski definition) is 4. The number of esters is 2. The fourth-order valence-corrected chi connectivity index (χ4v) is 6.03. The second kappa shape index (κ2) is 6.50. The van der Waals surface area contributed by atoms with Gasteiger partial charge in [0.05, 0.1) is 0 Å². The van der Waals surface area contributed by atoms with Crippen LogP contribution >= 0.6 is 0 Å². The molecular weight excluding hydrogens is 340 g/mol. The standard InChI is InChI=1S/C23H28O4/c1-13-11-16-12-17(26-14(2)24)5-6-18(16)19-9-10-23(4)20(22(13)19)7-8-21(23)27-15(3)25/h5-6,8,12-13,19-20,22H,7,9-11H2,1-4H3/t13-,19-,20+,22-,23+/m1/s1. The van der Waals surface area contributed by atoms with Crippen molar-refractivity contribution in [1.82, 2.24) is 0 Å². The van der Waals surface area contributed by atoms with Crippen LogP contribution in [0.15, 0.2) is 30.0 Å². The second-order valence-electron chi connectivity index (χ2n) is 8.78. The van der Waals surface area contributed by atoms with Crippen molar-refractivity contribution in [2.45, 2.75) is 59.3 Å². The third kappa shape index (κ3) is 2.99. The molecule has 0 saturated heterocycles. The zero-order valence-electron chi connectivity index (χ0n) is 16.6. The number of carbonyl (C=O) groups excluding carboxylic acids is 2. The molecular formula is C23H28O4. The minimum Gasteiger partial charge on any atom is -0.431 e. The van der Waals surface area contributed by atoms with Crippen LogP contribution in [0.4, 0.5) is 0 Å². The first-order chi connectivity index (χ1) is 12.8. The van der Waals surface area contributed by atoms with E-state index in [-0.39, 0.29) is 17.4 Å².